The fraction of sp³-hybridized carbons (Fsp3) is 0.700. The second kappa shape index (κ2) is 10.2. The van der Waals surface area contributed by atoms with Gasteiger partial charge in [0.15, 0.2) is 6.29 Å². The molecular formula is C20H29F3O2. The maximum atomic E-state index is 12.3. The van der Waals surface area contributed by atoms with Crippen LogP contribution in [0.1, 0.15) is 69.3 Å². The summed E-state index contributed by atoms with van der Waals surface area (Å²) in [6, 6.07) is 8.19. The van der Waals surface area contributed by atoms with Crippen LogP contribution in [0.25, 0.3) is 0 Å². The number of aryl methyl sites for hydroxylation is 1. The molecule has 0 bridgehead atoms. The van der Waals surface area contributed by atoms with Gasteiger partial charge in [-0.1, -0.05) is 56.9 Å². The number of hydrogen-bond acceptors (Lipinski definition) is 2. The molecule has 0 N–H and O–H groups in total. The molecule has 0 atom stereocenters. The smallest absolute Gasteiger partial charge is 0.348 e. The Morgan fingerprint density at radius 3 is 2.20 bits per heavy atom. The molecule has 1 heterocycles. The first-order valence-corrected chi connectivity index (χ1v) is 9.36. The van der Waals surface area contributed by atoms with Crippen molar-refractivity contribution in [2.45, 2.75) is 70.8 Å². The topological polar surface area (TPSA) is 18.5 Å². The molecule has 2 rings (SSSR count). The van der Waals surface area contributed by atoms with E-state index >= 15 is 0 Å². The van der Waals surface area contributed by atoms with E-state index in [4.69, 9.17) is 9.47 Å². The Hall–Kier alpha value is -1.07. The lowest BCUT2D eigenvalue weighted by Gasteiger charge is -2.30. The van der Waals surface area contributed by atoms with Crippen LogP contribution in [0.3, 0.4) is 0 Å². The largest absolute Gasteiger partial charge is 0.389 e. The van der Waals surface area contributed by atoms with Crippen LogP contribution in [0, 0.1) is 5.92 Å². The van der Waals surface area contributed by atoms with Crippen LogP contribution < -0.4 is 0 Å². The zero-order valence-electron chi connectivity index (χ0n) is 15.0. The maximum Gasteiger partial charge on any atom is 0.389 e. The van der Waals surface area contributed by atoms with Gasteiger partial charge in [-0.25, -0.2) is 0 Å². The van der Waals surface area contributed by atoms with Crippen molar-refractivity contribution in [3.8, 4) is 0 Å². The normalized spacial score (nSPS) is 21.4. The summed E-state index contributed by atoms with van der Waals surface area (Å²) in [5.74, 6) is -0.180. The Morgan fingerprint density at radius 1 is 0.960 bits per heavy atom. The predicted molar refractivity (Wildman–Crippen MR) is 92.3 cm³/mol. The number of halogens is 3. The molecule has 0 saturated carbocycles. The molecule has 2 nitrogen and oxygen atoms in total. The third-order valence-corrected chi connectivity index (χ3v) is 4.62. The number of alkyl halides is 3. The van der Waals surface area contributed by atoms with Gasteiger partial charge in [-0.05, 0) is 24.8 Å². The van der Waals surface area contributed by atoms with E-state index in [1.165, 1.54) is 37.7 Å². The van der Waals surface area contributed by atoms with Crippen molar-refractivity contribution in [1.82, 2.24) is 0 Å². The van der Waals surface area contributed by atoms with Crippen LogP contribution in [0.2, 0.25) is 0 Å². The number of benzene rings is 1. The molecule has 0 radical (unpaired) electrons. The van der Waals surface area contributed by atoms with Crippen molar-refractivity contribution in [2.24, 2.45) is 5.92 Å². The molecule has 0 spiro atoms. The SMILES string of the molecule is CCCCCCCc1ccc(C2OCC(CCC(F)(F)F)CO2)cc1. The second-order valence-electron chi connectivity index (χ2n) is 6.92. The molecule has 25 heavy (non-hydrogen) atoms. The van der Waals surface area contributed by atoms with Crippen LogP contribution in [-0.4, -0.2) is 19.4 Å². The molecule has 0 unspecified atom stereocenters. The maximum absolute atomic E-state index is 12.3. The number of hydrogen-bond donors (Lipinski definition) is 0. The zero-order chi connectivity index (χ0) is 18.1. The van der Waals surface area contributed by atoms with Gasteiger partial charge in [0, 0.05) is 17.9 Å². The summed E-state index contributed by atoms with van der Waals surface area (Å²) < 4.78 is 48.0. The van der Waals surface area contributed by atoms with E-state index in [1.54, 1.807) is 0 Å². The molecule has 1 aliphatic rings. The van der Waals surface area contributed by atoms with E-state index in [0.717, 1.165) is 12.0 Å². The van der Waals surface area contributed by atoms with Crippen molar-refractivity contribution in [3.63, 3.8) is 0 Å². The summed E-state index contributed by atoms with van der Waals surface area (Å²) in [6.45, 7) is 2.85. The van der Waals surface area contributed by atoms with Gasteiger partial charge >= 0.3 is 6.18 Å². The molecule has 1 aliphatic heterocycles. The lowest BCUT2D eigenvalue weighted by Crippen LogP contribution is -2.28. The van der Waals surface area contributed by atoms with E-state index in [9.17, 15) is 13.2 Å². The van der Waals surface area contributed by atoms with E-state index in [1.807, 2.05) is 12.1 Å². The summed E-state index contributed by atoms with van der Waals surface area (Å²) in [5.41, 5.74) is 2.24. The summed E-state index contributed by atoms with van der Waals surface area (Å²) >= 11 is 0. The standard InChI is InChI=1S/C20H29F3O2/c1-2-3-4-5-6-7-16-8-10-18(11-9-16)19-24-14-17(15-25-19)12-13-20(21,22)23/h8-11,17,19H,2-7,12-15H2,1H3. The van der Waals surface area contributed by atoms with Gasteiger partial charge in [0.25, 0.3) is 0 Å². The van der Waals surface area contributed by atoms with Crippen LogP contribution in [0.5, 0.6) is 0 Å². The van der Waals surface area contributed by atoms with E-state index in [2.05, 4.69) is 19.1 Å². The molecule has 1 saturated heterocycles. The van der Waals surface area contributed by atoms with Crippen LogP contribution >= 0.6 is 0 Å². The first kappa shape index (κ1) is 20.2. The van der Waals surface area contributed by atoms with E-state index < -0.39 is 18.9 Å². The Labute approximate surface area is 148 Å². The van der Waals surface area contributed by atoms with Crippen molar-refractivity contribution in [1.29, 1.82) is 0 Å². The molecule has 0 amide bonds. The fourth-order valence-electron chi connectivity index (χ4n) is 3.04. The average molecular weight is 358 g/mol. The lowest BCUT2D eigenvalue weighted by molar-refractivity contribution is -0.211. The van der Waals surface area contributed by atoms with Crippen molar-refractivity contribution < 1.29 is 22.6 Å². The van der Waals surface area contributed by atoms with Crippen LogP contribution in [-0.2, 0) is 15.9 Å². The highest BCUT2D eigenvalue weighted by molar-refractivity contribution is 5.23. The fourth-order valence-corrected chi connectivity index (χ4v) is 3.04. The quantitative estimate of drug-likeness (QED) is 0.489. The van der Waals surface area contributed by atoms with Crippen LogP contribution in [0.4, 0.5) is 13.2 Å². The molecule has 0 aliphatic carbocycles. The minimum absolute atomic E-state index is 0.0627. The highest BCUT2D eigenvalue weighted by Gasteiger charge is 2.30. The van der Waals surface area contributed by atoms with Gasteiger partial charge in [-0.3, -0.25) is 0 Å². The third-order valence-electron chi connectivity index (χ3n) is 4.62. The Bertz CT molecular complexity index is 477. The zero-order valence-corrected chi connectivity index (χ0v) is 15.0. The van der Waals surface area contributed by atoms with Crippen molar-refractivity contribution >= 4 is 0 Å². The molecule has 1 aromatic carbocycles. The van der Waals surface area contributed by atoms with E-state index in [0.29, 0.717) is 13.2 Å². The Balaban J connectivity index is 1.70. The summed E-state index contributed by atoms with van der Waals surface area (Å²) in [4.78, 5) is 0. The van der Waals surface area contributed by atoms with Crippen LogP contribution in [0.15, 0.2) is 24.3 Å². The molecular weight excluding hydrogens is 329 g/mol. The first-order chi connectivity index (χ1) is 12.0. The van der Waals surface area contributed by atoms with E-state index in [-0.39, 0.29) is 12.3 Å². The van der Waals surface area contributed by atoms with Gasteiger partial charge in [0.1, 0.15) is 0 Å². The second-order valence-corrected chi connectivity index (χ2v) is 6.92. The van der Waals surface area contributed by atoms with Gasteiger partial charge in [0.2, 0.25) is 0 Å². The van der Waals surface area contributed by atoms with Crippen molar-refractivity contribution in [2.75, 3.05) is 13.2 Å². The average Bonchev–Trinajstić information content (AvgIpc) is 2.60. The summed E-state index contributed by atoms with van der Waals surface area (Å²) in [5, 5.41) is 0. The predicted octanol–water partition coefficient (Wildman–Crippen LogP) is 6.20. The monoisotopic (exact) mass is 358 g/mol. The molecule has 0 aromatic heterocycles. The summed E-state index contributed by atoms with van der Waals surface area (Å²) in [7, 11) is 0. The third kappa shape index (κ3) is 7.78. The molecule has 1 aromatic rings. The Kier molecular flexibility index (Phi) is 8.24. The minimum atomic E-state index is -4.11. The number of ether oxygens (including phenoxy) is 2. The highest BCUT2D eigenvalue weighted by atomic mass is 19.4. The number of unbranched alkanes of at least 4 members (excludes halogenated alkanes) is 4. The van der Waals surface area contributed by atoms with Gasteiger partial charge in [-0.2, -0.15) is 13.2 Å². The van der Waals surface area contributed by atoms with Crippen molar-refractivity contribution in [3.05, 3.63) is 35.4 Å². The lowest BCUT2D eigenvalue weighted by atomic mass is 10.0. The van der Waals surface area contributed by atoms with Gasteiger partial charge < -0.3 is 9.47 Å². The highest BCUT2D eigenvalue weighted by Crippen LogP contribution is 2.30. The van der Waals surface area contributed by atoms with Gasteiger partial charge in [0.05, 0.1) is 13.2 Å². The molecule has 142 valence electrons. The summed E-state index contributed by atoms with van der Waals surface area (Å²) in [6.07, 6.45) is 2.13. The Morgan fingerprint density at radius 2 is 1.60 bits per heavy atom. The minimum Gasteiger partial charge on any atom is -0.348 e. The molecule has 1 fully saturated rings. The first-order valence-electron chi connectivity index (χ1n) is 9.36. The number of rotatable bonds is 9. The molecule has 5 heteroatoms. The van der Waals surface area contributed by atoms with Gasteiger partial charge in [-0.15, -0.1) is 0 Å².